The number of hydrogen-bond acceptors (Lipinski definition) is 5. The fraction of sp³-hybridized carbons (Fsp3) is 0.217. The summed E-state index contributed by atoms with van der Waals surface area (Å²) in [5, 5.41) is 3.39. The van der Waals surface area contributed by atoms with Gasteiger partial charge in [0.2, 0.25) is 5.91 Å². The maximum atomic E-state index is 12.5. The number of halogens is 1. The van der Waals surface area contributed by atoms with E-state index in [-0.39, 0.29) is 5.91 Å². The number of carbonyl (C=O) groups excluding carboxylic acids is 1. The van der Waals surface area contributed by atoms with Crippen molar-refractivity contribution in [3.63, 3.8) is 0 Å². The van der Waals surface area contributed by atoms with Crippen molar-refractivity contribution in [2.75, 3.05) is 36.4 Å². The Labute approximate surface area is 185 Å². The molecular weight excluding hydrogens is 416 g/mol. The van der Waals surface area contributed by atoms with Gasteiger partial charge in [0.25, 0.3) is 0 Å². The third-order valence-electron chi connectivity index (χ3n) is 5.03. The predicted molar refractivity (Wildman–Crippen MR) is 125 cm³/mol. The van der Waals surface area contributed by atoms with Crippen LogP contribution in [0, 0.1) is 0 Å². The van der Waals surface area contributed by atoms with Crippen LogP contribution in [0.3, 0.4) is 0 Å². The Hall–Kier alpha value is -2.83. The van der Waals surface area contributed by atoms with Crippen LogP contribution in [0.5, 0.6) is 0 Å². The van der Waals surface area contributed by atoms with Gasteiger partial charge in [-0.15, -0.1) is 11.3 Å². The molecule has 3 aromatic rings. The van der Waals surface area contributed by atoms with Crippen molar-refractivity contribution in [2.45, 2.75) is 6.54 Å². The number of hydrogen-bond donors (Lipinski definition) is 1. The number of piperazine rings is 1. The van der Waals surface area contributed by atoms with Crippen molar-refractivity contribution >= 4 is 46.3 Å². The maximum absolute atomic E-state index is 12.5. The van der Waals surface area contributed by atoms with Crippen LogP contribution in [0.25, 0.3) is 6.08 Å². The Kier molecular flexibility index (Phi) is 6.67. The normalized spacial score (nSPS) is 14.3. The number of carbonyl (C=O) groups is 1. The monoisotopic (exact) mass is 438 g/mol. The zero-order valence-electron chi connectivity index (χ0n) is 16.5. The molecule has 1 aromatic heterocycles. The smallest absolute Gasteiger partial charge is 0.246 e. The third-order valence-corrected chi connectivity index (χ3v) is 6.15. The van der Waals surface area contributed by atoms with Gasteiger partial charge < -0.3 is 15.1 Å². The van der Waals surface area contributed by atoms with Crippen LogP contribution in [-0.2, 0) is 11.3 Å². The summed E-state index contributed by atoms with van der Waals surface area (Å²) in [5.41, 5.74) is 3.27. The van der Waals surface area contributed by atoms with E-state index in [9.17, 15) is 4.79 Å². The van der Waals surface area contributed by atoms with Crippen LogP contribution in [0.15, 0.2) is 66.9 Å². The van der Waals surface area contributed by atoms with Gasteiger partial charge >= 0.3 is 0 Å². The number of nitrogens with zero attached hydrogens (tertiary/aromatic N) is 3. The Balaban J connectivity index is 1.26. The minimum atomic E-state index is 0.0706. The molecule has 1 saturated heterocycles. The van der Waals surface area contributed by atoms with Crippen LogP contribution in [0.1, 0.15) is 10.4 Å². The van der Waals surface area contributed by atoms with Gasteiger partial charge in [-0.3, -0.25) is 4.79 Å². The Morgan fingerprint density at radius 1 is 1.07 bits per heavy atom. The third kappa shape index (κ3) is 5.40. The first-order chi connectivity index (χ1) is 14.7. The van der Waals surface area contributed by atoms with Crippen LogP contribution < -0.4 is 10.2 Å². The molecule has 30 heavy (non-hydrogen) atoms. The number of aromatic nitrogens is 1. The Morgan fingerprint density at radius 2 is 1.80 bits per heavy atom. The molecule has 154 valence electrons. The van der Waals surface area contributed by atoms with Gasteiger partial charge in [-0.1, -0.05) is 41.9 Å². The molecule has 0 unspecified atom stereocenters. The minimum absolute atomic E-state index is 0.0706. The highest BCUT2D eigenvalue weighted by molar-refractivity contribution is 7.15. The van der Waals surface area contributed by atoms with E-state index in [1.165, 1.54) is 17.0 Å². The molecular formula is C23H23ClN4OS. The van der Waals surface area contributed by atoms with E-state index in [1.54, 1.807) is 12.3 Å². The molecule has 4 rings (SSSR count). The molecule has 1 aliphatic heterocycles. The Bertz CT molecular complexity index is 996. The highest BCUT2D eigenvalue weighted by atomic mass is 35.5. The second-order valence-corrected chi connectivity index (χ2v) is 8.73. The molecule has 1 fully saturated rings. The molecule has 2 aromatic carbocycles. The summed E-state index contributed by atoms with van der Waals surface area (Å²) in [6.45, 7) is 3.82. The maximum Gasteiger partial charge on any atom is 0.246 e. The zero-order chi connectivity index (χ0) is 20.8. The summed E-state index contributed by atoms with van der Waals surface area (Å²) < 4.78 is 0.565. The first-order valence-electron chi connectivity index (χ1n) is 9.88. The predicted octanol–water partition coefficient (Wildman–Crippen LogP) is 4.77. The standard InChI is InChI=1S/C23H23ClN4OS/c24-23-26-17-21(30-23)16-25-19-7-9-20(10-8-19)27-12-14-28(15-13-27)22(29)11-6-18-4-2-1-3-5-18/h1-11,17,25H,12-16H2. The topological polar surface area (TPSA) is 48.5 Å². The second-order valence-electron chi connectivity index (χ2n) is 7.04. The number of anilines is 2. The molecule has 0 spiro atoms. The molecule has 5 nitrogen and oxygen atoms in total. The average molecular weight is 439 g/mol. The summed E-state index contributed by atoms with van der Waals surface area (Å²) >= 11 is 7.35. The van der Waals surface area contributed by atoms with E-state index in [0.29, 0.717) is 11.0 Å². The van der Waals surface area contributed by atoms with Crippen molar-refractivity contribution in [2.24, 2.45) is 0 Å². The number of nitrogens with one attached hydrogen (secondary N) is 1. The van der Waals surface area contributed by atoms with Crippen LogP contribution in [-0.4, -0.2) is 42.0 Å². The van der Waals surface area contributed by atoms with Gasteiger partial charge in [0.05, 0.1) is 6.54 Å². The van der Waals surface area contributed by atoms with E-state index in [0.717, 1.165) is 42.3 Å². The van der Waals surface area contributed by atoms with Crippen LogP contribution >= 0.6 is 22.9 Å². The lowest BCUT2D eigenvalue weighted by Crippen LogP contribution is -2.48. The average Bonchev–Trinajstić information content (AvgIpc) is 3.22. The van der Waals surface area contributed by atoms with Gasteiger partial charge in [-0.25, -0.2) is 4.98 Å². The summed E-state index contributed by atoms with van der Waals surface area (Å²) in [4.78, 5) is 21.8. The molecule has 0 aliphatic carbocycles. The van der Waals surface area contributed by atoms with E-state index in [4.69, 9.17) is 11.6 Å². The molecule has 0 bridgehead atoms. The highest BCUT2D eigenvalue weighted by Crippen LogP contribution is 2.22. The van der Waals surface area contributed by atoms with Crippen molar-refractivity contribution in [1.29, 1.82) is 0 Å². The van der Waals surface area contributed by atoms with Crippen molar-refractivity contribution < 1.29 is 4.79 Å². The van der Waals surface area contributed by atoms with Crippen LogP contribution in [0.4, 0.5) is 11.4 Å². The summed E-state index contributed by atoms with van der Waals surface area (Å²) in [7, 11) is 0. The van der Waals surface area contributed by atoms with Crippen molar-refractivity contribution in [1.82, 2.24) is 9.88 Å². The SMILES string of the molecule is O=C(C=Cc1ccccc1)N1CCN(c2ccc(NCc3cnc(Cl)s3)cc2)CC1. The Morgan fingerprint density at radius 3 is 2.47 bits per heavy atom. The van der Waals surface area contributed by atoms with E-state index in [1.807, 2.05) is 41.3 Å². The number of rotatable bonds is 6. The fourth-order valence-electron chi connectivity index (χ4n) is 3.37. The van der Waals surface area contributed by atoms with Crippen molar-refractivity contribution in [3.8, 4) is 0 Å². The fourth-order valence-corrected chi connectivity index (χ4v) is 4.28. The molecule has 0 radical (unpaired) electrons. The first kappa shape index (κ1) is 20.4. The quantitative estimate of drug-likeness (QED) is 0.563. The largest absolute Gasteiger partial charge is 0.380 e. The van der Waals surface area contributed by atoms with E-state index in [2.05, 4.69) is 39.5 Å². The second kappa shape index (κ2) is 9.78. The molecule has 1 aliphatic rings. The van der Waals surface area contributed by atoms with Gasteiger partial charge in [-0.05, 0) is 35.9 Å². The van der Waals surface area contributed by atoms with Gasteiger partial charge in [0.1, 0.15) is 0 Å². The van der Waals surface area contributed by atoms with Crippen molar-refractivity contribution in [3.05, 3.63) is 81.8 Å². The number of thiazole rings is 1. The van der Waals surface area contributed by atoms with Crippen LogP contribution in [0.2, 0.25) is 4.47 Å². The molecule has 7 heteroatoms. The summed E-state index contributed by atoms with van der Waals surface area (Å²) in [5.74, 6) is 0.0706. The number of amides is 1. The lowest BCUT2D eigenvalue weighted by atomic mass is 10.2. The molecule has 1 amide bonds. The highest BCUT2D eigenvalue weighted by Gasteiger charge is 2.19. The van der Waals surface area contributed by atoms with Gasteiger partial charge in [0.15, 0.2) is 4.47 Å². The summed E-state index contributed by atoms with van der Waals surface area (Å²) in [6.07, 6.45) is 5.34. The molecule has 0 atom stereocenters. The van der Waals surface area contributed by atoms with E-state index < -0.39 is 0 Å². The first-order valence-corrected chi connectivity index (χ1v) is 11.1. The lowest BCUT2D eigenvalue weighted by molar-refractivity contribution is -0.126. The molecule has 0 saturated carbocycles. The summed E-state index contributed by atoms with van der Waals surface area (Å²) in [6, 6.07) is 18.3. The molecule has 2 heterocycles. The number of benzene rings is 2. The minimum Gasteiger partial charge on any atom is -0.380 e. The van der Waals surface area contributed by atoms with Gasteiger partial charge in [0, 0.05) is 54.7 Å². The lowest BCUT2D eigenvalue weighted by Gasteiger charge is -2.35. The van der Waals surface area contributed by atoms with Gasteiger partial charge in [-0.2, -0.15) is 0 Å². The zero-order valence-corrected chi connectivity index (χ0v) is 18.1. The molecule has 1 N–H and O–H groups in total. The van der Waals surface area contributed by atoms with E-state index >= 15 is 0 Å².